The number of ketones is 1. The Morgan fingerprint density at radius 2 is 1.86 bits per heavy atom. The lowest BCUT2D eigenvalue weighted by Gasteiger charge is -2.21. The van der Waals surface area contributed by atoms with Gasteiger partial charge >= 0.3 is 11.9 Å². The Hall–Kier alpha value is -2.27. The first kappa shape index (κ1) is 14.7. The number of hydrogen-bond acceptors (Lipinski definition) is 3. The monoisotopic (exact) mass is 322 g/mol. The zero-order chi connectivity index (χ0) is 15.9. The van der Waals surface area contributed by atoms with Crippen molar-refractivity contribution in [3.05, 3.63) is 70.2 Å². The minimum atomic E-state index is -3.88. The van der Waals surface area contributed by atoms with Crippen LogP contribution < -0.4 is 0 Å². The molecule has 0 unspecified atom stereocenters. The summed E-state index contributed by atoms with van der Waals surface area (Å²) in [6, 6.07) is 11.1. The van der Waals surface area contributed by atoms with Gasteiger partial charge in [-0.3, -0.25) is 4.79 Å². The van der Waals surface area contributed by atoms with Crippen molar-refractivity contribution in [2.45, 2.75) is 12.0 Å². The van der Waals surface area contributed by atoms with Crippen molar-refractivity contribution in [3.8, 4) is 0 Å². The van der Waals surface area contributed by atoms with E-state index < -0.39 is 23.8 Å². The van der Waals surface area contributed by atoms with E-state index in [1.54, 1.807) is 6.07 Å². The second-order valence-electron chi connectivity index (χ2n) is 4.84. The molecule has 0 saturated carbocycles. The normalized spacial score (nSPS) is 17.0. The first-order chi connectivity index (χ1) is 10.4. The molecule has 6 heteroatoms. The summed E-state index contributed by atoms with van der Waals surface area (Å²) in [6.45, 7) is 0. The number of alkyl halides is 2. The SMILES string of the molecule is O=C1O[C@@H](C(F)(F)C(=O)c2cccc(Cl)c2)c2ccccc21. The predicted octanol–water partition coefficient (Wildman–Crippen LogP) is 4.07. The molecule has 0 saturated heterocycles. The number of hydrogen-bond donors (Lipinski definition) is 0. The molecule has 0 radical (unpaired) electrons. The number of carbonyl (C=O) groups is 2. The Morgan fingerprint density at radius 1 is 1.14 bits per heavy atom. The molecule has 3 rings (SSSR count). The second-order valence-corrected chi connectivity index (χ2v) is 5.27. The van der Waals surface area contributed by atoms with E-state index in [0.717, 1.165) is 6.07 Å². The molecule has 22 heavy (non-hydrogen) atoms. The third kappa shape index (κ3) is 2.27. The lowest BCUT2D eigenvalue weighted by atomic mass is 9.95. The van der Waals surface area contributed by atoms with E-state index >= 15 is 0 Å². The number of cyclic esters (lactones) is 1. The highest BCUT2D eigenvalue weighted by Gasteiger charge is 2.54. The van der Waals surface area contributed by atoms with Gasteiger partial charge in [0.15, 0.2) is 6.10 Å². The molecule has 0 spiro atoms. The summed E-state index contributed by atoms with van der Waals surface area (Å²) in [7, 11) is 0. The van der Waals surface area contributed by atoms with Gasteiger partial charge in [0.2, 0.25) is 5.78 Å². The van der Waals surface area contributed by atoms with Gasteiger partial charge < -0.3 is 4.74 Å². The molecule has 0 N–H and O–H groups in total. The van der Waals surface area contributed by atoms with E-state index in [0.29, 0.717) is 0 Å². The number of Topliss-reactive ketones (excluding diaryl/α,β-unsaturated/α-hetero) is 1. The number of rotatable bonds is 3. The van der Waals surface area contributed by atoms with Crippen molar-refractivity contribution in [1.82, 2.24) is 0 Å². The highest BCUT2D eigenvalue weighted by molar-refractivity contribution is 6.31. The van der Waals surface area contributed by atoms with Crippen LogP contribution in [-0.2, 0) is 4.74 Å². The molecular weight excluding hydrogens is 314 g/mol. The van der Waals surface area contributed by atoms with Crippen molar-refractivity contribution in [2.75, 3.05) is 0 Å². The van der Waals surface area contributed by atoms with Gasteiger partial charge in [-0.15, -0.1) is 0 Å². The number of halogens is 3. The van der Waals surface area contributed by atoms with Crippen LogP contribution in [0.2, 0.25) is 5.02 Å². The molecule has 0 aliphatic carbocycles. The fourth-order valence-corrected chi connectivity index (χ4v) is 2.55. The van der Waals surface area contributed by atoms with Crippen molar-refractivity contribution in [2.24, 2.45) is 0 Å². The molecule has 3 nitrogen and oxygen atoms in total. The lowest BCUT2D eigenvalue weighted by Crippen LogP contribution is -2.36. The standard InChI is InChI=1S/C16H9ClF2O3/c17-10-5-3-4-9(8-10)13(20)16(18,19)14-11-6-1-2-7-12(11)15(21)22-14/h1-8,14H/t14-/m1/s1. The average Bonchev–Trinajstić information content (AvgIpc) is 2.85. The van der Waals surface area contributed by atoms with Crippen LogP contribution in [0.3, 0.4) is 0 Å². The van der Waals surface area contributed by atoms with Gasteiger partial charge in [-0.2, -0.15) is 8.78 Å². The summed E-state index contributed by atoms with van der Waals surface area (Å²) in [6.07, 6.45) is -1.93. The maximum absolute atomic E-state index is 14.5. The van der Waals surface area contributed by atoms with Crippen molar-refractivity contribution >= 4 is 23.4 Å². The highest BCUT2D eigenvalue weighted by Crippen LogP contribution is 2.43. The molecular formula is C16H9ClF2O3. The van der Waals surface area contributed by atoms with Crippen LogP contribution in [0.5, 0.6) is 0 Å². The number of esters is 1. The number of carbonyl (C=O) groups excluding carboxylic acids is 2. The first-order valence-corrected chi connectivity index (χ1v) is 6.77. The van der Waals surface area contributed by atoms with Gasteiger partial charge in [0.25, 0.3) is 0 Å². The Balaban J connectivity index is 2.00. The Bertz CT molecular complexity index is 773. The number of ether oxygens (including phenoxy) is 1. The van der Waals surface area contributed by atoms with Gasteiger partial charge in [0.1, 0.15) is 0 Å². The third-order valence-electron chi connectivity index (χ3n) is 3.41. The fourth-order valence-electron chi connectivity index (χ4n) is 2.36. The molecule has 112 valence electrons. The van der Waals surface area contributed by atoms with Crippen LogP contribution >= 0.6 is 11.6 Å². The molecule has 0 aromatic heterocycles. The highest BCUT2D eigenvalue weighted by atomic mass is 35.5. The van der Waals surface area contributed by atoms with Gasteiger partial charge in [0, 0.05) is 16.1 Å². The smallest absolute Gasteiger partial charge is 0.349 e. The molecule has 1 aliphatic heterocycles. The minimum absolute atomic E-state index is 0.00729. The molecule has 2 aromatic rings. The Morgan fingerprint density at radius 3 is 2.59 bits per heavy atom. The Kier molecular flexibility index (Phi) is 3.45. The van der Waals surface area contributed by atoms with Crippen LogP contribution in [-0.4, -0.2) is 17.7 Å². The minimum Gasteiger partial charge on any atom is -0.447 e. The van der Waals surface area contributed by atoms with E-state index in [-0.39, 0.29) is 21.7 Å². The Labute approximate surface area is 129 Å². The maximum Gasteiger partial charge on any atom is 0.349 e. The summed E-state index contributed by atoms with van der Waals surface area (Å²) in [4.78, 5) is 23.8. The fraction of sp³-hybridized carbons (Fsp3) is 0.125. The van der Waals surface area contributed by atoms with Crippen LogP contribution in [0.25, 0.3) is 0 Å². The number of benzene rings is 2. The first-order valence-electron chi connectivity index (χ1n) is 6.39. The third-order valence-corrected chi connectivity index (χ3v) is 3.64. The van der Waals surface area contributed by atoms with Gasteiger partial charge in [-0.05, 0) is 18.2 Å². The van der Waals surface area contributed by atoms with E-state index in [4.69, 9.17) is 16.3 Å². The van der Waals surface area contributed by atoms with Crippen molar-refractivity contribution in [3.63, 3.8) is 0 Å². The number of fused-ring (bicyclic) bond motifs is 1. The van der Waals surface area contributed by atoms with Crippen LogP contribution in [0, 0.1) is 0 Å². The summed E-state index contributed by atoms with van der Waals surface area (Å²) in [5.41, 5.74) is -0.183. The van der Waals surface area contributed by atoms with Crippen molar-refractivity contribution < 1.29 is 23.1 Å². The summed E-state index contributed by atoms with van der Waals surface area (Å²) < 4.78 is 33.8. The topological polar surface area (TPSA) is 43.4 Å². The van der Waals surface area contributed by atoms with Crippen LogP contribution in [0.4, 0.5) is 8.78 Å². The van der Waals surface area contributed by atoms with Gasteiger partial charge in [-0.25, -0.2) is 4.79 Å². The van der Waals surface area contributed by atoms with E-state index in [1.165, 1.54) is 36.4 Å². The van der Waals surface area contributed by atoms with Crippen molar-refractivity contribution in [1.29, 1.82) is 0 Å². The molecule has 0 amide bonds. The van der Waals surface area contributed by atoms with E-state index in [2.05, 4.69) is 0 Å². The average molecular weight is 323 g/mol. The molecule has 0 fully saturated rings. The maximum atomic E-state index is 14.5. The predicted molar refractivity (Wildman–Crippen MR) is 75.3 cm³/mol. The summed E-state index contributed by atoms with van der Waals surface area (Å²) in [5.74, 6) is -6.18. The lowest BCUT2D eigenvalue weighted by molar-refractivity contribution is -0.0820. The van der Waals surface area contributed by atoms with Crippen LogP contribution in [0.15, 0.2) is 48.5 Å². The van der Waals surface area contributed by atoms with Gasteiger partial charge in [-0.1, -0.05) is 41.9 Å². The largest absolute Gasteiger partial charge is 0.447 e. The molecule has 1 atom stereocenters. The second kappa shape index (κ2) is 5.18. The summed E-state index contributed by atoms with van der Waals surface area (Å²) in [5, 5.41) is 0.172. The zero-order valence-electron chi connectivity index (χ0n) is 11.1. The molecule has 1 heterocycles. The van der Waals surface area contributed by atoms with Gasteiger partial charge in [0.05, 0.1) is 5.56 Å². The molecule has 1 aliphatic rings. The zero-order valence-corrected chi connectivity index (χ0v) is 11.8. The molecule has 0 bridgehead atoms. The van der Waals surface area contributed by atoms with Crippen LogP contribution in [0.1, 0.15) is 32.4 Å². The van der Waals surface area contributed by atoms with E-state index in [9.17, 15) is 18.4 Å². The van der Waals surface area contributed by atoms with E-state index in [1.807, 2.05) is 0 Å². The quantitative estimate of drug-likeness (QED) is 0.632. The summed E-state index contributed by atoms with van der Waals surface area (Å²) >= 11 is 5.72. The molecule has 2 aromatic carbocycles.